The number of nitrogens with one attached hydrogen (secondary N) is 1. The second-order valence-corrected chi connectivity index (χ2v) is 6.91. The van der Waals surface area contributed by atoms with Gasteiger partial charge in [-0.25, -0.2) is 13.1 Å². The van der Waals surface area contributed by atoms with E-state index in [9.17, 15) is 8.42 Å². The van der Waals surface area contributed by atoms with Crippen LogP contribution in [0.15, 0.2) is 52.0 Å². The van der Waals surface area contributed by atoms with Gasteiger partial charge in [0.2, 0.25) is 10.0 Å². The summed E-state index contributed by atoms with van der Waals surface area (Å²) in [5, 5.41) is 0. The molecule has 2 rings (SSSR count). The molecule has 21 heavy (non-hydrogen) atoms. The fourth-order valence-electron chi connectivity index (χ4n) is 2.23. The lowest BCUT2D eigenvalue weighted by atomic mass is 10.1. The monoisotopic (exact) mass is 307 g/mol. The molecule has 1 N–H and O–H groups in total. The molecule has 0 aliphatic carbocycles. The van der Waals surface area contributed by atoms with Crippen LogP contribution in [-0.2, 0) is 22.9 Å². The Labute approximate surface area is 126 Å². The zero-order chi connectivity index (χ0) is 15.3. The number of aryl methyl sites for hydroxylation is 1. The summed E-state index contributed by atoms with van der Waals surface area (Å²) in [5.41, 5.74) is 1.15. The fraction of sp³-hybridized carbons (Fsp3) is 0.375. The summed E-state index contributed by atoms with van der Waals surface area (Å²) >= 11 is 0. The second-order valence-electron chi connectivity index (χ2n) is 5.20. The molecule has 5 heteroatoms. The van der Waals surface area contributed by atoms with E-state index in [0.29, 0.717) is 11.3 Å². The lowest BCUT2D eigenvalue weighted by Crippen LogP contribution is -2.34. The first-order chi connectivity index (χ1) is 10.0. The zero-order valence-electron chi connectivity index (χ0n) is 12.4. The van der Waals surface area contributed by atoms with Crippen LogP contribution in [-0.4, -0.2) is 14.5 Å². The van der Waals surface area contributed by atoms with Gasteiger partial charge in [0.1, 0.15) is 5.76 Å². The first-order valence-corrected chi connectivity index (χ1v) is 8.63. The van der Waals surface area contributed by atoms with Crippen LogP contribution in [0.5, 0.6) is 0 Å². The lowest BCUT2D eigenvalue weighted by Gasteiger charge is -2.13. The Morgan fingerprint density at radius 2 is 1.90 bits per heavy atom. The number of sulfonamides is 1. The highest BCUT2D eigenvalue weighted by Crippen LogP contribution is 2.13. The van der Waals surface area contributed by atoms with Gasteiger partial charge < -0.3 is 4.42 Å². The molecule has 1 aromatic heterocycles. The van der Waals surface area contributed by atoms with Crippen LogP contribution >= 0.6 is 0 Å². The van der Waals surface area contributed by atoms with Gasteiger partial charge in [-0.15, -0.1) is 0 Å². The molecule has 1 atom stereocenters. The van der Waals surface area contributed by atoms with Crippen molar-refractivity contribution in [3.63, 3.8) is 0 Å². The Hall–Kier alpha value is -1.59. The van der Waals surface area contributed by atoms with E-state index in [2.05, 4.69) is 11.6 Å². The Morgan fingerprint density at radius 3 is 2.48 bits per heavy atom. The predicted molar refractivity (Wildman–Crippen MR) is 82.6 cm³/mol. The summed E-state index contributed by atoms with van der Waals surface area (Å²) in [6.45, 7) is 3.92. The molecule has 0 aliphatic rings. The van der Waals surface area contributed by atoms with E-state index in [1.54, 1.807) is 24.5 Å². The minimum Gasteiger partial charge on any atom is -0.469 e. The van der Waals surface area contributed by atoms with Crippen molar-refractivity contribution >= 4 is 10.0 Å². The number of hydrogen-bond acceptors (Lipinski definition) is 3. The van der Waals surface area contributed by atoms with E-state index in [1.807, 2.05) is 25.1 Å². The van der Waals surface area contributed by atoms with Crippen LogP contribution in [0.4, 0.5) is 0 Å². The molecule has 1 aromatic carbocycles. The Balaban J connectivity index is 2.03. The summed E-state index contributed by atoms with van der Waals surface area (Å²) in [4.78, 5) is 0.300. The van der Waals surface area contributed by atoms with Crippen LogP contribution in [0.2, 0.25) is 0 Å². The van der Waals surface area contributed by atoms with Gasteiger partial charge in [-0.05, 0) is 43.2 Å². The topological polar surface area (TPSA) is 59.3 Å². The molecule has 4 nitrogen and oxygen atoms in total. The molecule has 0 amide bonds. The summed E-state index contributed by atoms with van der Waals surface area (Å²) in [6.07, 6.45) is 4.12. The van der Waals surface area contributed by atoms with Gasteiger partial charge in [-0.3, -0.25) is 0 Å². The number of furan rings is 1. The van der Waals surface area contributed by atoms with Crippen LogP contribution in [0.3, 0.4) is 0 Å². The standard InChI is InChI=1S/C16H21NO3S/c1-3-5-14-7-9-16(10-8-14)21(18,19)17-13(2)12-15-6-4-11-20-15/h4,6-11,13,17H,3,5,12H2,1-2H3. The molecule has 0 fully saturated rings. The number of rotatable bonds is 7. The van der Waals surface area contributed by atoms with Gasteiger partial charge in [0.05, 0.1) is 11.2 Å². The molecule has 0 saturated carbocycles. The van der Waals surface area contributed by atoms with Gasteiger partial charge in [-0.1, -0.05) is 25.5 Å². The van der Waals surface area contributed by atoms with Crippen molar-refractivity contribution in [1.82, 2.24) is 4.72 Å². The van der Waals surface area contributed by atoms with E-state index < -0.39 is 10.0 Å². The fourth-order valence-corrected chi connectivity index (χ4v) is 3.47. The molecule has 0 spiro atoms. The minimum absolute atomic E-state index is 0.225. The van der Waals surface area contributed by atoms with Crippen molar-refractivity contribution < 1.29 is 12.8 Å². The van der Waals surface area contributed by atoms with Gasteiger partial charge in [0, 0.05) is 12.5 Å². The van der Waals surface area contributed by atoms with E-state index in [-0.39, 0.29) is 6.04 Å². The number of hydrogen-bond donors (Lipinski definition) is 1. The summed E-state index contributed by atoms with van der Waals surface area (Å²) in [5.74, 6) is 0.767. The smallest absolute Gasteiger partial charge is 0.240 e. The SMILES string of the molecule is CCCc1ccc(S(=O)(=O)NC(C)Cc2ccco2)cc1. The van der Waals surface area contributed by atoms with Gasteiger partial charge >= 0.3 is 0 Å². The maximum Gasteiger partial charge on any atom is 0.240 e. The molecule has 114 valence electrons. The van der Waals surface area contributed by atoms with Crippen molar-refractivity contribution in [2.45, 2.75) is 44.0 Å². The van der Waals surface area contributed by atoms with Crippen molar-refractivity contribution in [3.8, 4) is 0 Å². The Bertz CT molecular complexity index is 645. The Morgan fingerprint density at radius 1 is 1.19 bits per heavy atom. The summed E-state index contributed by atoms with van der Waals surface area (Å²) < 4.78 is 32.5. The molecule has 1 unspecified atom stereocenters. The van der Waals surface area contributed by atoms with Crippen molar-refractivity contribution in [2.75, 3.05) is 0 Å². The van der Waals surface area contributed by atoms with E-state index in [1.165, 1.54) is 0 Å². The molecule has 2 aromatic rings. The highest BCUT2D eigenvalue weighted by Gasteiger charge is 2.18. The van der Waals surface area contributed by atoms with E-state index >= 15 is 0 Å². The summed E-state index contributed by atoms with van der Waals surface area (Å²) in [6, 6.07) is 10.5. The highest BCUT2D eigenvalue weighted by molar-refractivity contribution is 7.89. The van der Waals surface area contributed by atoms with Crippen LogP contribution in [0, 0.1) is 0 Å². The summed E-state index contributed by atoms with van der Waals surface area (Å²) in [7, 11) is -3.49. The van der Waals surface area contributed by atoms with E-state index in [0.717, 1.165) is 24.2 Å². The van der Waals surface area contributed by atoms with Crippen molar-refractivity contribution in [1.29, 1.82) is 0 Å². The maximum atomic E-state index is 12.3. The first-order valence-electron chi connectivity index (χ1n) is 7.15. The third-order valence-electron chi connectivity index (χ3n) is 3.22. The quantitative estimate of drug-likeness (QED) is 0.855. The molecule has 1 heterocycles. The first kappa shape index (κ1) is 15.8. The molecule has 0 saturated heterocycles. The third-order valence-corrected chi connectivity index (χ3v) is 4.82. The molecule has 0 bridgehead atoms. The molecule has 0 aliphatic heterocycles. The second kappa shape index (κ2) is 6.91. The average Bonchev–Trinajstić information content (AvgIpc) is 2.92. The van der Waals surface area contributed by atoms with Gasteiger partial charge in [0.25, 0.3) is 0 Å². The largest absolute Gasteiger partial charge is 0.469 e. The molecular formula is C16H21NO3S. The number of benzene rings is 1. The highest BCUT2D eigenvalue weighted by atomic mass is 32.2. The van der Waals surface area contributed by atoms with E-state index in [4.69, 9.17) is 4.42 Å². The van der Waals surface area contributed by atoms with Crippen LogP contribution < -0.4 is 4.72 Å². The molecular weight excluding hydrogens is 286 g/mol. The zero-order valence-corrected chi connectivity index (χ0v) is 13.2. The molecule has 0 radical (unpaired) electrons. The maximum absolute atomic E-state index is 12.3. The average molecular weight is 307 g/mol. The van der Waals surface area contributed by atoms with Crippen LogP contribution in [0.25, 0.3) is 0 Å². The lowest BCUT2D eigenvalue weighted by molar-refractivity contribution is 0.479. The normalized spacial score (nSPS) is 13.2. The van der Waals surface area contributed by atoms with Crippen molar-refractivity contribution in [3.05, 3.63) is 54.0 Å². The van der Waals surface area contributed by atoms with Crippen LogP contribution in [0.1, 0.15) is 31.6 Å². The minimum atomic E-state index is -3.49. The van der Waals surface area contributed by atoms with Gasteiger partial charge in [-0.2, -0.15) is 0 Å². The Kier molecular flexibility index (Phi) is 5.20. The van der Waals surface area contributed by atoms with Gasteiger partial charge in [0.15, 0.2) is 0 Å². The third kappa shape index (κ3) is 4.44. The van der Waals surface area contributed by atoms with Crippen molar-refractivity contribution in [2.24, 2.45) is 0 Å². The predicted octanol–water partition coefficient (Wildman–Crippen LogP) is 3.14.